The molecule has 1 rings (SSSR count). The van der Waals surface area contributed by atoms with E-state index in [2.05, 4.69) is 38.2 Å². The van der Waals surface area contributed by atoms with Gasteiger partial charge < -0.3 is 15.3 Å². The Morgan fingerprint density at radius 3 is 1.40 bits per heavy atom. The lowest BCUT2D eigenvalue weighted by Gasteiger charge is -2.32. The molecule has 318 valence electrons. The second-order valence-electron chi connectivity index (χ2n) is 15.5. The van der Waals surface area contributed by atoms with Crippen molar-refractivity contribution in [3.8, 4) is 0 Å². The molecule has 1 saturated carbocycles. The second kappa shape index (κ2) is 34.7. The smallest absolute Gasteiger partial charge is 0.211 e. The summed E-state index contributed by atoms with van der Waals surface area (Å²) in [6.45, 7) is 3.68. The molecule has 3 atom stereocenters. The van der Waals surface area contributed by atoms with Gasteiger partial charge in [0.25, 0.3) is 0 Å². The maximum Gasteiger partial charge on any atom is 0.211 e. The highest BCUT2D eigenvalue weighted by Gasteiger charge is 2.50. The van der Waals surface area contributed by atoms with Gasteiger partial charge in [-0.25, -0.2) is 0 Å². The third kappa shape index (κ3) is 23.6. The number of Topliss-reactive ketones (excluding diaryl/α,β-unsaturated/α-hetero) is 4. The van der Waals surface area contributed by atoms with E-state index < -0.39 is 47.0 Å². The zero-order valence-electron chi connectivity index (χ0n) is 34.7. The molecule has 55 heavy (non-hydrogen) atoms. The van der Waals surface area contributed by atoms with Crippen LogP contribution in [-0.4, -0.2) is 68.1 Å². The number of carbonyl (C=O) groups is 4. The first-order chi connectivity index (χ1) is 26.7. The normalized spacial score (nSPS) is 17.2. The van der Waals surface area contributed by atoms with Crippen molar-refractivity contribution < 1.29 is 38.7 Å². The van der Waals surface area contributed by atoms with Crippen molar-refractivity contribution in [1.82, 2.24) is 0 Å². The highest BCUT2D eigenvalue weighted by atomic mass is 33.1. The van der Waals surface area contributed by atoms with Gasteiger partial charge in [0, 0.05) is 25.7 Å². The van der Waals surface area contributed by atoms with Crippen LogP contribution in [0.2, 0.25) is 0 Å². The minimum atomic E-state index is -2.53. The highest BCUT2D eigenvalue weighted by Crippen LogP contribution is 2.37. The van der Waals surface area contributed by atoms with Gasteiger partial charge in [-0.05, 0) is 75.0 Å². The van der Waals surface area contributed by atoms with E-state index in [1.54, 1.807) is 0 Å². The van der Waals surface area contributed by atoms with Gasteiger partial charge in [0.2, 0.25) is 5.60 Å². The van der Waals surface area contributed by atoms with Crippen LogP contribution in [0.3, 0.4) is 0 Å². The fourth-order valence-electron chi connectivity index (χ4n) is 6.94. The Morgan fingerprint density at radius 1 is 0.636 bits per heavy atom. The standard InChI is InChI=1S/C45H78O8S2/c1-3-5-7-9-11-13-15-17-19-21-23-25-27-29-31-33-40(49)45(52,42(37-46)53-55-54-44-39(48)36-35-38(47)43(44)51)41(50)34-32-30-28-26-24-22-20-18-16-14-12-10-8-6-4-2/h17-20,42-44,46,51-52H,3-16,21-37H2,1-2H3/b19-17-,20-18-/t42-,43?,44?/m0/s1. The molecule has 0 amide bonds. The van der Waals surface area contributed by atoms with E-state index in [-0.39, 0.29) is 31.5 Å². The number of hydrogen-bond acceptors (Lipinski definition) is 10. The van der Waals surface area contributed by atoms with Crippen molar-refractivity contribution >= 4 is 45.0 Å². The van der Waals surface area contributed by atoms with Crippen LogP contribution < -0.4 is 0 Å². The third-order valence-electron chi connectivity index (χ3n) is 10.7. The first-order valence-electron chi connectivity index (χ1n) is 22.2. The molecule has 1 aliphatic rings. The first kappa shape index (κ1) is 51.7. The summed E-state index contributed by atoms with van der Waals surface area (Å²) in [6, 6.07) is 0. The van der Waals surface area contributed by atoms with Crippen LogP contribution in [-0.2, 0) is 23.4 Å². The van der Waals surface area contributed by atoms with Crippen molar-refractivity contribution in [3.63, 3.8) is 0 Å². The Balaban J connectivity index is 2.55. The molecule has 0 bridgehead atoms. The average molecular weight is 811 g/mol. The Morgan fingerprint density at radius 2 is 1.00 bits per heavy atom. The van der Waals surface area contributed by atoms with Crippen LogP contribution in [0.4, 0.5) is 0 Å². The SMILES string of the molecule is CCCCCCCC/C=C\CCCCCCCC(=O)C(O)(C(=O)CCCCCCC/C=C\CCCCCCCC)[C@H](CO)OSSC1C(=O)CCC(=O)C1O. The molecule has 10 heteroatoms. The molecule has 0 heterocycles. The molecule has 0 aromatic heterocycles. The molecule has 0 aromatic rings. The number of hydrogen-bond donors (Lipinski definition) is 3. The summed E-state index contributed by atoms with van der Waals surface area (Å²) >= 11 is 0.610. The number of rotatable bonds is 38. The van der Waals surface area contributed by atoms with E-state index in [0.717, 1.165) is 87.8 Å². The summed E-state index contributed by atoms with van der Waals surface area (Å²) < 4.78 is 5.64. The van der Waals surface area contributed by atoms with Crippen LogP contribution in [0.1, 0.15) is 206 Å². The molecule has 0 spiro atoms. The third-order valence-corrected chi connectivity index (χ3v) is 12.9. The second-order valence-corrected chi connectivity index (χ2v) is 17.5. The summed E-state index contributed by atoms with van der Waals surface area (Å²) in [5.74, 6) is -2.07. The van der Waals surface area contributed by atoms with E-state index in [9.17, 15) is 34.5 Å². The molecule has 0 aliphatic heterocycles. The van der Waals surface area contributed by atoms with Gasteiger partial charge in [-0.15, -0.1) is 0 Å². The van der Waals surface area contributed by atoms with E-state index in [4.69, 9.17) is 4.18 Å². The van der Waals surface area contributed by atoms with E-state index in [1.165, 1.54) is 77.0 Å². The van der Waals surface area contributed by atoms with Crippen LogP contribution in [0.5, 0.6) is 0 Å². The molecular formula is C45H78O8S2. The van der Waals surface area contributed by atoms with Gasteiger partial charge in [-0.3, -0.25) is 23.4 Å². The van der Waals surface area contributed by atoms with Crippen LogP contribution in [0.25, 0.3) is 0 Å². The molecule has 0 saturated heterocycles. The lowest BCUT2D eigenvalue weighted by atomic mass is 9.82. The number of ketones is 4. The highest BCUT2D eigenvalue weighted by molar-refractivity contribution is 8.75. The molecule has 3 N–H and O–H groups in total. The van der Waals surface area contributed by atoms with Gasteiger partial charge >= 0.3 is 0 Å². The number of aliphatic hydroxyl groups excluding tert-OH is 2. The van der Waals surface area contributed by atoms with Crippen LogP contribution in [0.15, 0.2) is 24.3 Å². The Bertz CT molecular complexity index is 1030. The van der Waals surface area contributed by atoms with Crippen LogP contribution >= 0.6 is 21.9 Å². The number of carbonyl (C=O) groups excluding carboxylic acids is 4. The summed E-state index contributed by atoms with van der Waals surface area (Å²) in [7, 11) is 0.799. The number of aliphatic hydroxyl groups is 3. The summed E-state index contributed by atoms with van der Waals surface area (Å²) in [5.41, 5.74) is -2.53. The van der Waals surface area contributed by atoms with Gasteiger partial charge in [-0.1, -0.05) is 141 Å². The largest absolute Gasteiger partial charge is 0.393 e. The van der Waals surface area contributed by atoms with Crippen molar-refractivity contribution in [2.75, 3.05) is 6.61 Å². The molecule has 1 fully saturated rings. The summed E-state index contributed by atoms with van der Waals surface area (Å²) in [6.07, 6.45) is 34.9. The van der Waals surface area contributed by atoms with Gasteiger partial charge in [0.15, 0.2) is 17.3 Å². The minimum Gasteiger partial charge on any atom is -0.393 e. The van der Waals surface area contributed by atoms with E-state index in [1.807, 2.05) is 0 Å². The maximum absolute atomic E-state index is 13.6. The van der Waals surface area contributed by atoms with Gasteiger partial charge in [0.1, 0.15) is 23.2 Å². The average Bonchev–Trinajstić information content (AvgIpc) is 3.18. The Hall–Kier alpha value is -1.30. The molecular weight excluding hydrogens is 733 g/mol. The predicted octanol–water partition coefficient (Wildman–Crippen LogP) is 11.3. The predicted molar refractivity (Wildman–Crippen MR) is 230 cm³/mol. The van der Waals surface area contributed by atoms with Crippen molar-refractivity contribution in [3.05, 3.63) is 24.3 Å². The lowest BCUT2D eigenvalue weighted by Crippen LogP contribution is -2.57. The Kier molecular flexibility index (Phi) is 32.6. The minimum absolute atomic E-state index is 0.0151. The molecule has 0 aromatic carbocycles. The maximum atomic E-state index is 13.6. The molecule has 8 nitrogen and oxygen atoms in total. The fourth-order valence-corrected chi connectivity index (χ4v) is 9.16. The van der Waals surface area contributed by atoms with Crippen molar-refractivity contribution in [1.29, 1.82) is 0 Å². The summed E-state index contributed by atoms with van der Waals surface area (Å²) in [5, 5.41) is 31.1. The zero-order chi connectivity index (χ0) is 40.4. The quantitative estimate of drug-likeness (QED) is 0.0182. The monoisotopic (exact) mass is 811 g/mol. The fraction of sp³-hybridized carbons (Fsp3) is 0.822. The zero-order valence-corrected chi connectivity index (χ0v) is 36.3. The molecule has 1 aliphatic carbocycles. The van der Waals surface area contributed by atoms with Gasteiger partial charge in [-0.2, -0.15) is 0 Å². The van der Waals surface area contributed by atoms with E-state index in [0.29, 0.717) is 23.9 Å². The number of unbranched alkanes of at least 4 members (excludes halogenated alkanes) is 22. The summed E-state index contributed by atoms with van der Waals surface area (Å²) in [4.78, 5) is 51.5. The van der Waals surface area contributed by atoms with E-state index >= 15 is 0 Å². The van der Waals surface area contributed by atoms with Crippen molar-refractivity contribution in [2.45, 2.75) is 230 Å². The van der Waals surface area contributed by atoms with Gasteiger partial charge in [0.05, 0.1) is 17.7 Å². The topological polar surface area (TPSA) is 138 Å². The molecule has 2 unspecified atom stereocenters. The lowest BCUT2D eigenvalue weighted by molar-refractivity contribution is -0.163. The number of allylic oxidation sites excluding steroid dienone is 4. The first-order valence-corrected chi connectivity index (χ1v) is 24.3. The Labute approximate surface area is 342 Å². The van der Waals surface area contributed by atoms with Crippen LogP contribution in [0, 0.1) is 0 Å². The molecule has 0 radical (unpaired) electrons. The van der Waals surface area contributed by atoms with Crippen molar-refractivity contribution in [2.24, 2.45) is 0 Å².